The van der Waals surface area contributed by atoms with E-state index >= 15 is 0 Å². The molecule has 0 heterocycles. The van der Waals surface area contributed by atoms with Crippen LogP contribution in [-0.4, -0.2) is 55.8 Å². The SMILES string of the molecule is COc1ccc(CCC(=O)N(CCC(=O)O)C(C)C)c(OC)c1OC. The van der Waals surface area contributed by atoms with Gasteiger partial charge in [0.1, 0.15) is 0 Å². The van der Waals surface area contributed by atoms with E-state index in [1.54, 1.807) is 18.1 Å². The van der Waals surface area contributed by atoms with Crippen LogP contribution in [0.3, 0.4) is 0 Å². The van der Waals surface area contributed by atoms with Crippen molar-refractivity contribution in [2.45, 2.75) is 39.2 Å². The summed E-state index contributed by atoms with van der Waals surface area (Å²) in [7, 11) is 4.61. The predicted molar refractivity (Wildman–Crippen MR) is 93.5 cm³/mol. The van der Waals surface area contributed by atoms with Crippen LogP contribution in [0.1, 0.15) is 32.3 Å². The van der Waals surface area contributed by atoms with E-state index in [4.69, 9.17) is 19.3 Å². The summed E-state index contributed by atoms with van der Waals surface area (Å²) in [4.78, 5) is 24.8. The summed E-state index contributed by atoms with van der Waals surface area (Å²) < 4.78 is 16.0. The summed E-state index contributed by atoms with van der Waals surface area (Å²) in [5.41, 5.74) is 0.829. The van der Waals surface area contributed by atoms with E-state index in [1.807, 2.05) is 19.9 Å². The van der Waals surface area contributed by atoms with Gasteiger partial charge in [0, 0.05) is 19.0 Å². The van der Waals surface area contributed by atoms with Gasteiger partial charge in [-0.2, -0.15) is 0 Å². The van der Waals surface area contributed by atoms with Crippen molar-refractivity contribution >= 4 is 11.9 Å². The molecule has 0 bridgehead atoms. The van der Waals surface area contributed by atoms with Gasteiger partial charge in [-0.05, 0) is 31.9 Å². The molecule has 1 aromatic carbocycles. The minimum Gasteiger partial charge on any atom is -0.493 e. The molecule has 0 aromatic heterocycles. The van der Waals surface area contributed by atoms with Gasteiger partial charge in [0.25, 0.3) is 0 Å². The van der Waals surface area contributed by atoms with Crippen molar-refractivity contribution in [2.75, 3.05) is 27.9 Å². The fraction of sp³-hybridized carbons (Fsp3) is 0.556. The average Bonchev–Trinajstić information content (AvgIpc) is 2.58. The van der Waals surface area contributed by atoms with Crippen LogP contribution in [0.2, 0.25) is 0 Å². The van der Waals surface area contributed by atoms with Crippen molar-refractivity contribution in [3.8, 4) is 17.2 Å². The maximum atomic E-state index is 12.5. The van der Waals surface area contributed by atoms with Gasteiger partial charge in [-0.3, -0.25) is 9.59 Å². The molecule has 0 aliphatic rings. The van der Waals surface area contributed by atoms with Gasteiger partial charge in [0.05, 0.1) is 27.8 Å². The molecule has 1 amide bonds. The van der Waals surface area contributed by atoms with E-state index in [9.17, 15) is 9.59 Å². The number of nitrogens with zero attached hydrogens (tertiary/aromatic N) is 1. The van der Waals surface area contributed by atoms with E-state index in [0.717, 1.165) is 5.56 Å². The first-order chi connectivity index (χ1) is 11.8. The summed E-state index contributed by atoms with van der Waals surface area (Å²) in [5.74, 6) is 0.575. The number of rotatable bonds is 10. The first-order valence-corrected chi connectivity index (χ1v) is 8.14. The van der Waals surface area contributed by atoms with Crippen LogP contribution in [0.25, 0.3) is 0 Å². The monoisotopic (exact) mass is 353 g/mol. The van der Waals surface area contributed by atoms with E-state index in [1.165, 1.54) is 14.2 Å². The third-order valence-electron chi connectivity index (χ3n) is 3.90. The summed E-state index contributed by atoms with van der Waals surface area (Å²) in [6, 6.07) is 3.55. The molecule has 0 spiro atoms. The van der Waals surface area contributed by atoms with E-state index in [2.05, 4.69) is 0 Å². The van der Waals surface area contributed by atoms with Gasteiger partial charge >= 0.3 is 5.97 Å². The zero-order valence-electron chi connectivity index (χ0n) is 15.5. The molecule has 140 valence electrons. The second-order valence-corrected chi connectivity index (χ2v) is 5.82. The highest BCUT2D eigenvalue weighted by molar-refractivity contribution is 5.77. The van der Waals surface area contributed by atoms with Crippen LogP contribution in [0.4, 0.5) is 0 Å². The van der Waals surface area contributed by atoms with Crippen LogP contribution in [0, 0.1) is 0 Å². The molecule has 1 rings (SSSR count). The van der Waals surface area contributed by atoms with Gasteiger partial charge in [-0.1, -0.05) is 6.07 Å². The lowest BCUT2D eigenvalue weighted by atomic mass is 10.1. The first-order valence-electron chi connectivity index (χ1n) is 8.14. The highest BCUT2D eigenvalue weighted by Gasteiger charge is 2.20. The molecule has 25 heavy (non-hydrogen) atoms. The number of carbonyl (C=O) groups excluding carboxylic acids is 1. The number of aliphatic carboxylic acids is 1. The number of carboxylic acids is 1. The number of carbonyl (C=O) groups is 2. The van der Waals surface area contributed by atoms with E-state index < -0.39 is 5.97 Å². The second kappa shape index (κ2) is 9.76. The number of carboxylic acid groups (broad SMARTS) is 1. The van der Waals surface area contributed by atoms with E-state index in [0.29, 0.717) is 23.7 Å². The predicted octanol–water partition coefficient (Wildman–Crippen LogP) is 2.36. The van der Waals surface area contributed by atoms with Crippen LogP contribution in [-0.2, 0) is 16.0 Å². The van der Waals surface area contributed by atoms with Crippen molar-refractivity contribution in [2.24, 2.45) is 0 Å². The Balaban J connectivity index is 2.88. The standard InChI is InChI=1S/C18H27NO6/c1-12(2)19(11-10-16(21)22)15(20)9-7-13-6-8-14(23-3)18(25-5)17(13)24-4/h6,8,12H,7,9-11H2,1-5H3,(H,21,22). The fourth-order valence-corrected chi connectivity index (χ4v) is 2.63. The molecule has 0 radical (unpaired) electrons. The van der Waals surface area contributed by atoms with Gasteiger partial charge in [0.15, 0.2) is 11.5 Å². The molecular formula is C18H27NO6. The van der Waals surface area contributed by atoms with Gasteiger partial charge in [0.2, 0.25) is 11.7 Å². The van der Waals surface area contributed by atoms with Crippen molar-refractivity contribution in [1.29, 1.82) is 0 Å². The van der Waals surface area contributed by atoms with Crippen LogP contribution in [0.5, 0.6) is 17.2 Å². The smallest absolute Gasteiger partial charge is 0.305 e. The molecule has 0 fully saturated rings. The summed E-state index contributed by atoms with van der Waals surface area (Å²) in [6.07, 6.45) is 0.645. The quantitative estimate of drug-likeness (QED) is 0.695. The Morgan fingerprint density at radius 3 is 2.16 bits per heavy atom. The fourth-order valence-electron chi connectivity index (χ4n) is 2.63. The summed E-state index contributed by atoms with van der Waals surface area (Å²) in [5, 5.41) is 8.83. The van der Waals surface area contributed by atoms with Gasteiger partial charge in [-0.25, -0.2) is 0 Å². The number of hydrogen-bond donors (Lipinski definition) is 1. The zero-order chi connectivity index (χ0) is 19.0. The zero-order valence-corrected chi connectivity index (χ0v) is 15.5. The van der Waals surface area contributed by atoms with Crippen LogP contribution < -0.4 is 14.2 Å². The normalized spacial score (nSPS) is 10.5. The van der Waals surface area contributed by atoms with Gasteiger partial charge < -0.3 is 24.2 Å². The topological polar surface area (TPSA) is 85.3 Å². The molecule has 1 N–H and O–H groups in total. The lowest BCUT2D eigenvalue weighted by Gasteiger charge is -2.26. The Labute approximate surface area is 148 Å². The lowest BCUT2D eigenvalue weighted by molar-refractivity contribution is -0.139. The Kier molecular flexibility index (Phi) is 8.04. The van der Waals surface area contributed by atoms with Gasteiger partial charge in [-0.15, -0.1) is 0 Å². The number of hydrogen-bond acceptors (Lipinski definition) is 5. The molecule has 0 aliphatic carbocycles. The minimum absolute atomic E-state index is 0.0563. The molecule has 0 aliphatic heterocycles. The summed E-state index contributed by atoms with van der Waals surface area (Å²) >= 11 is 0. The molecule has 1 aromatic rings. The molecule has 7 nitrogen and oxygen atoms in total. The number of amides is 1. The van der Waals surface area contributed by atoms with Crippen molar-refractivity contribution in [1.82, 2.24) is 4.90 Å². The lowest BCUT2D eigenvalue weighted by Crippen LogP contribution is -2.38. The largest absolute Gasteiger partial charge is 0.493 e. The molecular weight excluding hydrogens is 326 g/mol. The number of ether oxygens (including phenoxy) is 3. The molecule has 0 unspecified atom stereocenters. The third kappa shape index (κ3) is 5.55. The van der Waals surface area contributed by atoms with E-state index in [-0.39, 0.29) is 31.3 Å². The first kappa shape index (κ1) is 20.6. The molecule has 0 saturated carbocycles. The Hall–Kier alpha value is -2.44. The van der Waals surface area contributed by atoms with Crippen LogP contribution in [0.15, 0.2) is 12.1 Å². The second-order valence-electron chi connectivity index (χ2n) is 5.82. The van der Waals surface area contributed by atoms with Crippen LogP contribution >= 0.6 is 0 Å². The molecule has 0 saturated heterocycles. The highest BCUT2D eigenvalue weighted by Crippen LogP contribution is 2.40. The number of benzene rings is 1. The molecule has 0 atom stereocenters. The third-order valence-corrected chi connectivity index (χ3v) is 3.90. The number of aryl methyl sites for hydroxylation is 1. The molecule has 7 heteroatoms. The van der Waals surface area contributed by atoms with Crippen molar-refractivity contribution in [3.63, 3.8) is 0 Å². The van der Waals surface area contributed by atoms with Crippen molar-refractivity contribution < 1.29 is 28.9 Å². The highest BCUT2D eigenvalue weighted by atomic mass is 16.5. The maximum Gasteiger partial charge on any atom is 0.305 e. The summed E-state index contributed by atoms with van der Waals surface area (Å²) in [6.45, 7) is 3.95. The number of methoxy groups -OCH3 is 3. The maximum absolute atomic E-state index is 12.5. The Bertz CT molecular complexity index is 599. The Morgan fingerprint density at radius 1 is 1.04 bits per heavy atom. The average molecular weight is 353 g/mol. The minimum atomic E-state index is -0.917. The van der Waals surface area contributed by atoms with Crippen molar-refractivity contribution in [3.05, 3.63) is 17.7 Å². The Morgan fingerprint density at radius 2 is 1.68 bits per heavy atom.